The van der Waals surface area contributed by atoms with Crippen molar-refractivity contribution in [2.24, 2.45) is 0 Å². The summed E-state index contributed by atoms with van der Waals surface area (Å²) in [5, 5.41) is 11.7. The summed E-state index contributed by atoms with van der Waals surface area (Å²) in [6, 6.07) is 14.3. The zero-order valence-corrected chi connectivity index (χ0v) is 11.7. The van der Waals surface area contributed by atoms with Crippen molar-refractivity contribution in [3.05, 3.63) is 75.7 Å². The first-order valence-corrected chi connectivity index (χ1v) is 7.52. The molecule has 0 amide bonds. The second kappa shape index (κ2) is 6.19. The smallest absolute Gasteiger partial charge is 0.276 e. The molecule has 0 spiro atoms. The van der Waals surface area contributed by atoms with Gasteiger partial charge in [-0.05, 0) is 24.3 Å². The van der Waals surface area contributed by atoms with Crippen molar-refractivity contribution < 1.29 is 13.3 Å². The van der Waals surface area contributed by atoms with Crippen LogP contribution in [-0.4, -0.2) is 13.3 Å². The Bertz CT molecular complexity index is 771. The molecule has 2 rings (SSSR count). The molecule has 0 radical (unpaired) electrons. The third kappa shape index (κ3) is 4.15. The fraction of sp³-hybridized carbons (Fsp3) is 0. The Morgan fingerprint density at radius 3 is 2.29 bits per heavy atom. The van der Waals surface area contributed by atoms with E-state index in [9.17, 15) is 18.5 Å². The minimum Gasteiger partial charge on any atom is -0.280 e. The number of nitrogens with zero attached hydrogens (tertiary/aromatic N) is 1. The summed E-state index contributed by atoms with van der Waals surface area (Å²) in [5.74, 6) is 0. The van der Waals surface area contributed by atoms with Crippen molar-refractivity contribution in [2.75, 3.05) is 4.72 Å². The van der Waals surface area contributed by atoms with Gasteiger partial charge in [-0.2, -0.15) is 0 Å². The standard InChI is InChI=1S/C14H12N2O4S/c17-16(18)14-9-5-4-6-12(14)10-11-21(19,20)15-13-7-2-1-3-8-13/h1-11,15H. The summed E-state index contributed by atoms with van der Waals surface area (Å²) in [4.78, 5) is 10.3. The molecule has 2 aromatic rings. The topological polar surface area (TPSA) is 89.3 Å². The van der Waals surface area contributed by atoms with Crippen molar-refractivity contribution in [1.29, 1.82) is 0 Å². The van der Waals surface area contributed by atoms with Gasteiger partial charge in [-0.15, -0.1) is 0 Å². The highest BCUT2D eigenvalue weighted by molar-refractivity contribution is 7.95. The lowest BCUT2D eigenvalue weighted by Crippen LogP contribution is -2.08. The fourth-order valence-corrected chi connectivity index (χ4v) is 2.52. The van der Waals surface area contributed by atoms with Gasteiger partial charge in [0.2, 0.25) is 0 Å². The minimum atomic E-state index is -3.73. The molecule has 0 aliphatic rings. The fourth-order valence-electron chi connectivity index (χ4n) is 1.66. The largest absolute Gasteiger partial charge is 0.280 e. The molecule has 7 heteroatoms. The summed E-state index contributed by atoms with van der Waals surface area (Å²) >= 11 is 0. The van der Waals surface area contributed by atoms with E-state index < -0.39 is 14.9 Å². The first-order valence-electron chi connectivity index (χ1n) is 5.97. The van der Waals surface area contributed by atoms with Gasteiger partial charge in [-0.1, -0.05) is 30.3 Å². The van der Waals surface area contributed by atoms with Gasteiger partial charge in [-0.3, -0.25) is 14.8 Å². The number of nitro benzene ring substituents is 1. The minimum absolute atomic E-state index is 0.149. The van der Waals surface area contributed by atoms with Crippen molar-refractivity contribution in [1.82, 2.24) is 0 Å². The molecule has 2 aromatic carbocycles. The van der Waals surface area contributed by atoms with Crippen LogP contribution in [0.3, 0.4) is 0 Å². The molecule has 0 unspecified atom stereocenters. The number of anilines is 1. The van der Waals surface area contributed by atoms with Crippen molar-refractivity contribution in [2.45, 2.75) is 0 Å². The van der Waals surface area contributed by atoms with Crippen LogP contribution in [0.1, 0.15) is 5.56 Å². The molecule has 0 aliphatic carbocycles. The van der Waals surface area contributed by atoms with E-state index in [1.807, 2.05) is 0 Å². The Labute approximate surface area is 121 Å². The number of nitro groups is 1. The van der Waals surface area contributed by atoms with E-state index in [2.05, 4.69) is 4.72 Å². The van der Waals surface area contributed by atoms with Crippen molar-refractivity contribution in [3.63, 3.8) is 0 Å². The van der Waals surface area contributed by atoms with Crippen LogP contribution in [-0.2, 0) is 10.0 Å². The van der Waals surface area contributed by atoms with Crippen LogP contribution in [0.15, 0.2) is 60.0 Å². The summed E-state index contributed by atoms with van der Waals surface area (Å²) < 4.78 is 26.1. The second-order valence-corrected chi connectivity index (χ2v) is 5.70. The Morgan fingerprint density at radius 1 is 1.00 bits per heavy atom. The SMILES string of the molecule is O=[N+]([O-])c1ccccc1C=CS(=O)(=O)Nc1ccccc1. The number of hydrogen-bond acceptors (Lipinski definition) is 4. The van der Waals surface area contributed by atoms with E-state index in [1.54, 1.807) is 36.4 Å². The maximum absolute atomic E-state index is 11.9. The Kier molecular flexibility index (Phi) is 4.34. The predicted octanol–water partition coefficient (Wildman–Crippen LogP) is 3.01. The molecule has 0 saturated heterocycles. The number of sulfonamides is 1. The molecular weight excluding hydrogens is 292 g/mol. The lowest BCUT2D eigenvalue weighted by atomic mass is 10.2. The van der Waals surface area contributed by atoms with Gasteiger partial charge in [0.1, 0.15) is 0 Å². The van der Waals surface area contributed by atoms with Crippen molar-refractivity contribution >= 4 is 27.5 Å². The normalized spacial score (nSPS) is 11.4. The van der Waals surface area contributed by atoms with E-state index in [1.165, 1.54) is 24.3 Å². The van der Waals surface area contributed by atoms with E-state index >= 15 is 0 Å². The number of hydrogen-bond donors (Lipinski definition) is 1. The molecule has 1 N–H and O–H groups in total. The zero-order chi connectivity index (χ0) is 15.3. The van der Waals surface area contributed by atoms with E-state index in [0.717, 1.165) is 5.41 Å². The van der Waals surface area contributed by atoms with Gasteiger partial charge in [0, 0.05) is 11.8 Å². The van der Waals surface area contributed by atoms with Crippen molar-refractivity contribution in [3.8, 4) is 0 Å². The van der Waals surface area contributed by atoms with Gasteiger partial charge in [0.15, 0.2) is 0 Å². The van der Waals surface area contributed by atoms with Crippen LogP contribution in [0.25, 0.3) is 6.08 Å². The van der Waals surface area contributed by atoms with Gasteiger partial charge >= 0.3 is 0 Å². The monoisotopic (exact) mass is 304 g/mol. The van der Waals surface area contributed by atoms with Gasteiger partial charge in [0.05, 0.1) is 15.9 Å². The predicted molar refractivity (Wildman–Crippen MR) is 81.1 cm³/mol. The van der Waals surface area contributed by atoms with Crippen LogP contribution < -0.4 is 4.72 Å². The van der Waals surface area contributed by atoms with E-state index in [-0.39, 0.29) is 11.3 Å². The summed E-state index contributed by atoms with van der Waals surface area (Å²) in [6.07, 6.45) is 1.20. The first kappa shape index (κ1) is 14.7. The lowest BCUT2D eigenvalue weighted by molar-refractivity contribution is -0.385. The number of benzene rings is 2. The first-order chi connectivity index (χ1) is 9.98. The number of rotatable bonds is 5. The third-order valence-corrected chi connectivity index (χ3v) is 3.61. The number of para-hydroxylation sites is 2. The Hall–Kier alpha value is -2.67. The van der Waals surface area contributed by atoms with Gasteiger partial charge in [-0.25, -0.2) is 8.42 Å². The molecule has 108 valence electrons. The average Bonchev–Trinajstić information content (AvgIpc) is 2.46. The highest BCUT2D eigenvalue weighted by atomic mass is 32.2. The Morgan fingerprint density at radius 2 is 1.62 bits per heavy atom. The molecule has 0 heterocycles. The van der Waals surface area contributed by atoms with Crippen LogP contribution in [0.2, 0.25) is 0 Å². The summed E-state index contributed by atoms with van der Waals surface area (Å²) in [5.41, 5.74) is 0.495. The third-order valence-electron chi connectivity index (χ3n) is 2.59. The summed E-state index contributed by atoms with van der Waals surface area (Å²) in [7, 11) is -3.73. The van der Waals surface area contributed by atoms with Crippen LogP contribution in [0.5, 0.6) is 0 Å². The van der Waals surface area contributed by atoms with Crippen LogP contribution >= 0.6 is 0 Å². The molecule has 0 saturated carbocycles. The maximum atomic E-state index is 11.9. The number of nitrogens with one attached hydrogen (secondary N) is 1. The molecule has 21 heavy (non-hydrogen) atoms. The molecule has 0 bridgehead atoms. The average molecular weight is 304 g/mol. The second-order valence-electron chi connectivity index (χ2n) is 4.13. The van der Waals surface area contributed by atoms with Gasteiger partial charge < -0.3 is 0 Å². The van der Waals surface area contributed by atoms with Gasteiger partial charge in [0.25, 0.3) is 15.7 Å². The molecule has 0 aromatic heterocycles. The molecule has 0 atom stereocenters. The van der Waals surface area contributed by atoms with Crippen LogP contribution in [0.4, 0.5) is 11.4 Å². The highest BCUT2D eigenvalue weighted by Gasteiger charge is 2.11. The highest BCUT2D eigenvalue weighted by Crippen LogP contribution is 2.19. The molecule has 0 aliphatic heterocycles. The molecule has 6 nitrogen and oxygen atoms in total. The lowest BCUT2D eigenvalue weighted by Gasteiger charge is -2.03. The maximum Gasteiger partial charge on any atom is 0.276 e. The molecule has 0 fully saturated rings. The zero-order valence-electron chi connectivity index (χ0n) is 10.8. The molecular formula is C14H12N2O4S. The quantitative estimate of drug-likeness (QED) is 0.679. The summed E-state index contributed by atoms with van der Waals surface area (Å²) in [6.45, 7) is 0. The Balaban J connectivity index is 2.23. The van der Waals surface area contributed by atoms with E-state index in [4.69, 9.17) is 0 Å². The van der Waals surface area contributed by atoms with E-state index in [0.29, 0.717) is 5.69 Å². The van der Waals surface area contributed by atoms with Crippen LogP contribution in [0, 0.1) is 10.1 Å².